The number of rotatable bonds is 23. The highest BCUT2D eigenvalue weighted by Gasteiger charge is 2.43. The Kier molecular flexibility index (Phi) is 18.2. The predicted molar refractivity (Wildman–Crippen MR) is 301 cm³/mol. The summed E-state index contributed by atoms with van der Waals surface area (Å²) in [6, 6.07) is 63.9. The second-order valence-corrected chi connectivity index (χ2v) is 21.1. The minimum atomic E-state index is -1.65. The third-order valence-electron chi connectivity index (χ3n) is 15.7. The zero-order valence-corrected chi connectivity index (χ0v) is 43.7. The minimum absolute atomic E-state index is 0.0477. The van der Waals surface area contributed by atoms with E-state index in [-0.39, 0.29) is 36.3 Å². The van der Waals surface area contributed by atoms with Gasteiger partial charge in [0, 0.05) is 37.2 Å². The lowest BCUT2D eigenvalue weighted by Gasteiger charge is -2.45. The molecule has 1 unspecified atom stereocenters. The molecule has 2 aliphatic rings. The first kappa shape index (κ1) is 52.7. The normalized spacial score (nSPS) is 16.2. The molecule has 0 saturated carbocycles. The highest BCUT2D eigenvalue weighted by atomic mass is 16.3. The number of aryl methyl sites for hydroxylation is 4. The standard InChI is InChI=1S/C67H74N4O4/c1-67(75,71-49-58-38-17-15-36-55(58)47-63(71)65(73)69-61(43-20-33-52-27-10-4-11-28-52)44-21-34-53-29-12-5-13-30-53)59-40-22-39-56(45-59)66(74)70-48-57-37-16-14-35-54(57)46-62(70)64(72)68-60(41-18-31-50-23-6-2-7-24-50)42-19-32-51-25-8-3-9-26-51/h2-17,22-30,35-40,45,60-63,75H,18-21,31-34,41-44,46-49H2,1H3,(H,68,72)(H,69,73)/t62-,63-,67?/m0/s1. The predicted octanol–water partition coefficient (Wildman–Crippen LogP) is 11.9. The maximum atomic E-state index is 15.1. The van der Waals surface area contributed by atoms with Crippen LogP contribution in [-0.4, -0.2) is 56.8 Å². The topological polar surface area (TPSA) is 102 Å². The molecule has 0 fully saturated rings. The molecule has 8 heteroatoms. The SMILES string of the molecule is CC(O)(c1cccc(C(=O)N2Cc3ccccc3C[C@H]2C(=O)NC(CCCc2ccccc2)CCCc2ccccc2)c1)N1Cc2ccccc2C[C@H]1C(=O)NC(CCCc1ccccc1)CCCc1ccccc1. The van der Waals surface area contributed by atoms with E-state index in [1.165, 1.54) is 22.3 Å². The lowest BCUT2D eigenvalue weighted by atomic mass is 9.88. The van der Waals surface area contributed by atoms with Crippen molar-refractivity contribution >= 4 is 17.7 Å². The van der Waals surface area contributed by atoms with Crippen molar-refractivity contribution in [1.29, 1.82) is 0 Å². The number of nitrogens with one attached hydrogen (secondary N) is 2. The van der Waals surface area contributed by atoms with E-state index >= 15 is 4.79 Å². The fourth-order valence-corrected chi connectivity index (χ4v) is 11.4. The minimum Gasteiger partial charge on any atom is -0.372 e. The fourth-order valence-electron chi connectivity index (χ4n) is 11.4. The van der Waals surface area contributed by atoms with E-state index in [0.717, 1.165) is 99.3 Å². The number of benzene rings is 7. The number of nitrogens with zero attached hydrogens (tertiary/aromatic N) is 2. The molecule has 9 rings (SSSR count). The summed E-state index contributed by atoms with van der Waals surface area (Å²) in [5, 5.41) is 19.9. The number of aliphatic hydroxyl groups is 1. The van der Waals surface area contributed by atoms with Crippen LogP contribution in [0.2, 0.25) is 0 Å². The number of fused-ring (bicyclic) bond motifs is 2. The Morgan fingerprint density at radius 1 is 0.480 bits per heavy atom. The van der Waals surface area contributed by atoms with E-state index in [9.17, 15) is 14.7 Å². The molecule has 0 bridgehead atoms. The van der Waals surface area contributed by atoms with Gasteiger partial charge in [0.2, 0.25) is 11.8 Å². The van der Waals surface area contributed by atoms with Crippen molar-refractivity contribution in [2.45, 2.75) is 140 Å². The van der Waals surface area contributed by atoms with E-state index in [1.807, 2.05) is 71.6 Å². The molecule has 2 aliphatic heterocycles. The summed E-state index contributed by atoms with van der Waals surface area (Å²) in [6.07, 6.45) is 11.6. The van der Waals surface area contributed by atoms with Gasteiger partial charge in [-0.1, -0.05) is 182 Å². The van der Waals surface area contributed by atoms with Crippen molar-refractivity contribution in [3.8, 4) is 0 Å². The Labute approximate surface area is 445 Å². The Morgan fingerprint density at radius 2 is 0.853 bits per heavy atom. The lowest BCUT2D eigenvalue weighted by molar-refractivity contribution is -0.155. The molecule has 386 valence electrons. The molecule has 7 aromatic rings. The van der Waals surface area contributed by atoms with Crippen LogP contribution in [0.5, 0.6) is 0 Å². The molecule has 0 spiro atoms. The summed E-state index contributed by atoms with van der Waals surface area (Å²) in [5.74, 6) is -0.537. The van der Waals surface area contributed by atoms with Crippen LogP contribution >= 0.6 is 0 Å². The van der Waals surface area contributed by atoms with Gasteiger partial charge in [-0.25, -0.2) is 0 Å². The second-order valence-electron chi connectivity index (χ2n) is 21.1. The molecule has 3 N–H and O–H groups in total. The number of hydrogen-bond donors (Lipinski definition) is 3. The van der Waals surface area contributed by atoms with Crippen LogP contribution in [-0.2, 0) is 66.9 Å². The Hall–Kier alpha value is -7.13. The molecule has 7 aromatic carbocycles. The first-order chi connectivity index (χ1) is 36.7. The third kappa shape index (κ3) is 14.2. The molecule has 75 heavy (non-hydrogen) atoms. The van der Waals surface area contributed by atoms with Gasteiger partial charge < -0.3 is 20.6 Å². The van der Waals surface area contributed by atoms with Crippen molar-refractivity contribution in [1.82, 2.24) is 20.4 Å². The zero-order chi connectivity index (χ0) is 51.8. The summed E-state index contributed by atoms with van der Waals surface area (Å²) in [7, 11) is 0. The molecular weight excluding hydrogens is 925 g/mol. The van der Waals surface area contributed by atoms with Gasteiger partial charge in [0.25, 0.3) is 5.91 Å². The second kappa shape index (κ2) is 25.9. The van der Waals surface area contributed by atoms with Gasteiger partial charge in [0.1, 0.15) is 11.8 Å². The molecule has 3 amide bonds. The van der Waals surface area contributed by atoms with E-state index < -0.39 is 17.8 Å². The van der Waals surface area contributed by atoms with Crippen LogP contribution in [0.3, 0.4) is 0 Å². The highest BCUT2D eigenvalue weighted by molar-refractivity contribution is 5.98. The van der Waals surface area contributed by atoms with Crippen molar-refractivity contribution in [2.24, 2.45) is 0 Å². The number of carbonyl (C=O) groups excluding carboxylic acids is 3. The molecule has 0 saturated heterocycles. The van der Waals surface area contributed by atoms with Crippen LogP contribution in [0.15, 0.2) is 194 Å². The quantitative estimate of drug-likeness (QED) is 0.0593. The molecule has 0 aromatic heterocycles. The Balaban J connectivity index is 0.938. The number of carbonyl (C=O) groups is 3. The smallest absolute Gasteiger partial charge is 0.254 e. The van der Waals surface area contributed by atoms with Crippen molar-refractivity contribution < 1.29 is 19.5 Å². The zero-order valence-electron chi connectivity index (χ0n) is 43.7. The summed E-state index contributed by atoms with van der Waals surface area (Å²) in [5.41, 5.74) is 8.57. The first-order valence-corrected chi connectivity index (χ1v) is 27.5. The van der Waals surface area contributed by atoms with Crippen molar-refractivity contribution in [3.63, 3.8) is 0 Å². The molecule has 2 heterocycles. The average Bonchev–Trinajstić information content (AvgIpc) is 3.45. The molecule has 3 atom stereocenters. The maximum Gasteiger partial charge on any atom is 0.254 e. The summed E-state index contributed by atoms with van der Waals surface area (Å²) in [4.78, 5) is 48.5. The summed E-state index contributed by atoms with van der Waals surface area (Å²) < 4.78 is 0. The van der Waals surface area contributed by atoms with Gasteiger partial charge in [-0.05, 0) is 153 Å². The van der Waals surface area contributed by atoms with Crippen LogP contribution in [0, 0.1) is 0 Å². The van der Waals surface area contributed by atoms with Crippen LogP contribution < -0.4 is 10.6 Å². The van der Waals surface area contributed by atoms with E-state index in [4.69, 9.17) is 0 Å². The van der Waals surface area contributed by atoms with E-state index in [1.54, 1.807) is 24.0 Å². The monoisotopic (exact) mass is 999 g/mol. The van der Waals surface area contributed by atoms with Gasteiger partial charge in [0.15, 0.2) is 0 Å². The van der Waals surface area contributed by atoms with Crippen molar-refractivity contribution in [3.05, 3.63) is 250 Å². The van der Waals surface area contributed by atoms with Gasteiger partial charge in [-0.2, -0.15) is 0 Å². The van der Waals surface area contributed by atoms with Crippen LogP contribution in [0.1, 0.15) is 119 Å². The van der Waals surface area contributed by atoms with Crippen LogP contribution in [0.4, 0.5) is 0 Å². The molecule has 0 aliphatic carbocycles. The molecule has 0 radical (unpaired) electrons. The fraction of sp³-hybridized carbons (Fsp3) is 0.328. The van der Waals surface area contributed by atoms with Gasteiger partial charge in [-0.3, -0.25) is 19.3 Å². The van der Waals surface area contributed by atoms with Crippen molar-refractivity contribution in [2.75, 3.05) is 0 Å². The Bertz CT molecular complexity index is 2840. The number of hydrogen-bond acceptors (Lipinski definition) is 5. The van der Waals surface area contributed by atoms with E-state index in [2.05, 4.69) is 126 Å². The van der Waals surface area contributed by atoms with E-state index in [0.29, 0.717) is 30.5 Å². The summed E-state index contributed by atoms with van der Waals surface area (Å²) in [6.45, 7) is 2.36. The first-order valence-electron chi connectivity index (χ1n) is 27.5. The molecule has 8 nitrogen and oxygen atoms in total. The van der Waals surface area contributed by atoms with Gasteiger partial charge >= 0.3 is 0 Å². The summed E-state index contributed by atoms with van der Waals surface area (Å²) >= 11 is 0. The number of amides is 3. The maximum absolute atomic E-state index is 15.1. The largest absolute Gasteiger partial charge is 0.372 e. The lowest BCUT2D eigenvalue weighted by Crippen LogP contribution is -2.58. The average molecular weight is 999 g/mol. The third-order valence-corrected chi connectivity index (χ3v) is 15.7. The van der Waals surface area contributed by atoms with Gasteiger partial charge in [0.05, 0.1) is 6.04 Å². The Morgan fingerprint density at radius 3 is 1.29 bits per heavy atom. The molecular formula is C67H74N4O4. The van der Waals surface area contributed by atoms with Crippen LogP contribution in [0.25, 0.3) is 0 Å². The highest BCUT2D eigenvalue weighted by Crippen LogP contribution is 2.36. The van der Waals surface area contributed by atoms with Gasteiger partial charge in [-0.15, -0.1) is 0 Å².